The summed E-state index contributed by atoms with van der Waals surface area (Å²) in [6.45, 7) is 6.20. The average molecular weight is 325 g/mol. The number of thiophene rings is 1. The standard InChI is InChI=1S/C18H19N3OS/c1-11(2)16-13-6-4-5-7-14(13)20-17(16)18(22)21-19-10-15-12(3)8-9-23-15/h4-11,20H,1-3H3,(H,21,22)/b19-10-. The van der Waals surface area contributed by atoms with Crippen molar-refractivity contribution in [2.45, 2.75) is 26.7 Å². The van der Waals surface area contributed by atoms with Crippen LogP contribution in [0.2, 0.25) is 0 Å². The number of nitrogens with zero attached hydrogens (tertiary/aromatic N) is 1. The molecular weight excluding hydrogens is 306 g/mol. The summed E-state index contributed by atoms with van der Waals surface area (Å²) in [5.41, 5.74) is 6.37. The first-order valence-electron chi connectivity index (χ1n) is 7.56. The molecule has 0 fully saturated rings. The number of aromatic amines is 1. The number of carbonyl (C=O) groups is 1. The van der Waals surface area contributed by atoms with Crippen LogP contribution in [0.15, 0.2) is 40.8 Å². The molecule has 5 heteroatoms. The van der Waals surface area contributed by atoms with Crippen LogP contribution in [-0.2, 0) is 0 Å². The molecule has 2 N–H and O–H groups in total. The van der Waals surface area contributed by atoms with Crippen LogP contribution in [0.4, 0.5) is 0 Å². The minimum atomic E-state index is -0.213. The van der Waals surface area contributed by atoms with Crippen LogP contribution in [0.1, 0.15) is 46.3 Å². The molecule has 0 saturated carbocycles. The summed E-state index contributed by atoms with van der Waals surface area (Å²) in [6, 6.07) is 10.00. The van der Waals surface area contributed by atoms with Gasteiger partial charge in [0.15, 0.2) is 0 Å². The monoisotopic (exact) mass is 325 g/mol. The molecule has 1 amide bonds. The highest BCUT2D eigenvalue weighted by Gasteiger charge is 2.19. The number of rotatable bonds is 4. The SMILES string of the molecule is Cc1ccsc1/C=N\NC(=O)c1[nH]c2ccccc2c1C(C)C. The lowest BCUT2D eigenvalue weighted by Crippen LogP contribution is -2.19. The number of hydrazone groups is 1. The number of H-pyrrole nitrogens is 1. The van der Waals surface area contributed by atoms with Crippen molar-refractivity contribution in [2.75, 3.05) is 0 Å². The Morgan fingerprint density at radius 1 is 1.30 bits per heavy atom. The van der Waals surface area contributed by atoms with E-state index in [0.717, 1.165) is 26.9 Å². The second-order valence-electron chi connectivity index (χ2n) is 5.78. The summed E-state index contributed by atoms with van der Waals surface area (Å²) in [7, 11) is 0. The van der Waals surface area contributed by atoms with E-state index in [0.29, 0.717) is 5.69 Å². The normalized spacial score (nSPS) is 11.7. The van der Waals surface area contributed by atoms with Gasteiger partial charge >= 0.3 is 0 Å². The molecule has 0 bridgehead atoms. The Hall–Kier alpha value is -2.40. The molecule has 3 rings (SSSR count). The van der Waals surface area contributed by atoms with Crippen LogP contribution in [0, 0.1) is 6.92 Å². The molecule has 0 saturated heterocycles. The Balaban J connectivity index is 1.87. The molecule has 3 aromatic rings. The van der Waals surface area contributed by atoms with Crippen LogP contribution in [-0.4, -0.2) is 17.1 Å². The highest BCUT2D eigenvalue weighted by molar-refractivity contribution is 7.11. The molecule has 1 aromatic carbocycles. The lowest BCUT2D eigenvalue weighted by molar-refractivity contribution is 0.0949. The minimum absolute atomic E-state index is 0.213. The van der Waals surface area contributed by atoms with E-state index in [4.69, 9.17) is 0 Å². The number of hydrogen-bond donors (Lipinski definition) is 2. The lowest BCUT2D eigenvalue weighted by atomic mass is 9.99. The van der Waals surface area contributed by atoms with Gasteiger partial charge in [-0.2, -0.15) is 5.10 Å². The van der Waals surface area contributed by atoms with Crippen LogP contribution >= 0.6 is 11.3 Å². The van der Waals surface area contributed by atoms with Crippen molar-refractivity contribution in [3.8, 4) is 0 Å². The van der Waals surface area contributed by atoms with Crippen molar-refractivity contribution in [3.63, 3.8) is 0 Å². The minimum Gasteiger partial charge on any atom is -0.350 e. The van der Waals surface area contributed by atoms with E-state index in [9.17, 15) is 4.79 Å². The summed E-state index contributed by atoms with van der Waals surface area (Å²) < 4.78 is 0. The van der Waals surface area contributed by atoms with E-state index in [2.05, 4.69) is 29.4 Å². The molecule has 23 heavy (non-hydrogen) atoms. The number of fused-ring (bicyclic) bond motifs is 1. The highest BCUT2D eigenvalue weighted by Crippen LogP contribution is 2.29. The quantitative estimate of drug-likeness (QED) is 0.541. The zero-order valence-corrected chi connectivity index (χ0v) is 14.2. The highest BCUT2D eigenvalue weighted by atomic mass is 32.1. The van der Waals surface area contributed by atoms with Crippen LogP contribution in [0.5, 0.6) is 0 Å². The summed E-state index contributed by atoms with van der Waals surface area (Å²) >= 11 is 1.60. The van der Waals surface area contributed by atoms with Gasteiger partial charge in [-0.1, -0.05) is 32.0 Å². The number of benzene rings is 1. The molecule has 0 atom stereocenters. The first-order valence-corrected chi connectivity index (χ1v) is 8.44. The largest absolute Gasteiger partial charge is 0.350 e. The third-order valence-electron chi connectivity index (χ3n) is 3.80. The first kappa shape index (κ1) is 15.5. The number of para-hydroxylation sites is 1. The maximum atomic E-state index is 12.5. The second-order valence-corrected chi connectivity index (χ2v) is 6.73. The number of aromatic nitrogens is 1. The molecule has 4 nitrogen and oxygen atoms in total. The Labute approximate surface area is 139 Å². The summed E-state index contributed by atoms with van der Waals surface area (Å²) in [5.74, 6) is 0.0331. The molecule has 0 spiro atoms. The van der Waals surface area contributed by atoms with Gasteiger partial charge in [0, 0.05) is 15.8 Å². The van der Waals surface area contributed by atoms with Gasteiger partial charge in [-0.15, -0.1) is 11.3 Å². The Morgan fingerprint density at radius 3 is 2.78 bits per heavy atom. The summed E-state index contributed by atoms with van der Waals surface area (Å²) in [5, 5.41) is 7.18. The zero-order valence-electron chi connectivity index (χ0n) is 13.4. The smallest absolute Gasteiger partial charge is 0.288 e. The maximum absolute atomic E-state index is 12.5. The van der Waals surface area contributed by atoms with Crippen LogP contribution in [0.3, 0.4) is 0 Å². The Morgan fingerprint density at radius 2 is 2.09 bits per heavy atom. The topological polar surface area (TPSA) is 57.2 Å². The van der Waals surface area contributed by atoms with Crippen molar-refractivity contribution in [2.24, 2.45) is 5.10 Å². The number of carbonyl (C=O) groups excluding carboxylic acids is 1. The fourth-order valence-corrected chi connectivity index (χ4v) is 3.45. The van der Waals surface area contributed by atoms with Crippen molar-refractivity contribution >= 4 is 34.4 Å². The Kier molecular flexibility index (Phi) is 4.30. The third-order valence-corrected chi connectivity index (χ3v) is 4.75. The van der Waals surface area contributed by atoms with Crippen LogP contribution < -0.4 is 5.43 Å². The Bertz CT molecular complexity index is 873. The summed E-state index contributed by atoms with van der Waals surface area (Å²) in [4.78, 5) is 16.8. The van der Waals surface area contributed by atoms with E-state index in [1.807, 2.05) is 42.6 Å². The number of aryl methyl sites for hydroxylation is 1. The molecule has 0 aliphatic heterocycles. The fraction of sp³-hybridized carbons (Fsp3) is 0.222. The van der Waals surface area contributed by atoms with Gasteiger partial charge in [0.05, 0.1) is 6.21 Å². The van der Waals surface area contributed by atoms with Gasteiger partial charge in [-0.25, -0.2) is 5.43 Å². The van der Waals surface area contributed by atoms with Gasteiger partial charge < -0.3 is 4.98 Å². The van der Waals surface area contributed by atoms with E-state index in [1.54, 1.807) is 17.6 Å². The molecule has 2 aromatic heterocycles. The van der Waals surface area contributed by atoms with Gasteiger partial charge in [-0.05, 0) is 41.5 Å². The van der Waals surface area contributed by atoms with Crippen molar-refractivity contribution in [1.29, 1.82) is 0 Å². The zero-order chi connectivity index (χ0) is 16.4. The predicted molar refractivity (Wildman–Crippen MR) is 96.5 cm³/mol. The number of hydrogen-bond acceptors (Lipinski definition) is 3. The lowest BCUT2D eigenvalue weighted by Gasteiger charge is -2.06. The third kappa shape index (κ3) is 3.05. The van der Waals surface area contributed by atoms with Gasteiger partial charge in [0.1, 0.15) is 5.69 Å². The number of amides is 1. The molecular formula is C18H19N3OS. The van der Waals surface area contributed by atoms with Gasteiger partial charge in [-0.3, -0.25) is 4.79 Å². The van der Waals surface area contributed by atoms with E-state index < -0.39 is 0 Å². The van der Waals surface area contributed by atoms with Crippen molar-refractivity contribution < 1.29 is 4.79 Å². The molecule has 0 aliphatic carbocycles. The van der Waals surface area contributed by atoms with Gasteiger partial charge in [0.25, 0.3) is 5.91 Å². The van der Waals surface area contributed by atoms with E-state index in [1.165, 1.54) is 0 Å². The molecule has 0 aliphatic rings. The molecule has 2 heterocycles. The van der Waals surface area contributed by atoms with Crippen LogP contribution in [0.25, 0.3) is 10.9 Å². The number of nitrogens with one attached hydrogen (secondary N) is 2. The van der Waals surface area contributed by atoms with Crippen molar-refractivity contribution in [1.82, 2.24) is 10.4 Å². The van der Waals surface area contributed by atoms with E-state index >= 15 is 0 Å². The summed E-state index contributed by atoms with van der Waals surface area (Å²) in [6.07, 6.45) is 1.69. The fourth-order valence-electron chi connectivity index (χ4n) is 2.66. The molecule has 118 valence electrons. The predicted octanol–water partition coefficient (Wildman–Crippen LogP) is 4.43. The molecule has 0 unspecified atom stereocenters. The first-order chi connectivity index (χ1) is 11.1. The second kappa shape index (κ2) is 6.38. The maximum Gasteiger partial charge on any atom is 0.288 e. The molecule has 0 radical (unpaired) electrons. The van der Waals surface area contributed by atoms with Gasteiger partial charge in [0.2, 0.25) is 0 Å². The van der Waals surface area contributed by atoms with E-state index in [-0.39, 0.29) is 11.8 Å². The van der Waals surface area contributed by atoms with Crippen molar-refractivity contribution in [3.05, 3.63) is 57.4 Å². The average Bonchev–Trinajstić information content (AvgIpc) is 3.11.